The van der Waals surface area contributed by atoms with E-state index in [1.807, 2.05) is 0 Å². The number of rotatable bonds is 0. The second-order valence-electron chi connectivity index (χ2n) is 2.93. The van der Waals surface area contributed by atoms with Crippen LogP contribution in [0.1, 0.15) is 25.7 Å². The lowest BCUT2D eigenvalue weighted by Crippen LogP contribution is -2.28. The molecule has 1 aliphatic carbocycles. The van der Waals surface area contributed by atoms with Gasteiger partial charge in [0.2, 0.25) is 0 Å². The van der Waals surface area contributed by atoms with Crippen LogP contribution in [0, 0.1) is 0 Å². The Morgan fingerprint density at radius 3 is 2.25 bits per heavy atom. The van der Waals surface area contributed by atoms with Crippen LogP contribution >= 0.6 is 0 Å². The third-order valence-corrected chi connectivity index (χ3v) is 2.18. The van der Waals surface area contributed by atoms with Crippen molar-refractivity contribution >= 4 is 7.85 Å². The Hall–Kier alpha value is 0.0249. The summed E-state index contributed by atoms with van der Waals surface area (Å²) in [6.07, 6.45) is 5.35. The van der Waals surface area contributed by atoms with Gasteiger partial charge in [-0.25, -0.2) is 0 Å². The van der Waals surface area contributed by atoms with Crippen molar-refractivity contribution < 1.29 is 0 Å². The lowest BCUT2D eigenvalue weighted by molar-refractivity contribution is 0.442. The molecule has 0 aromatic rings. The van der Waals surface area contributed by atoms with Crippen LogP contribution < -0.4 is 5.73 Å². The molecular formula is C6H14BN. The van der Waals surface area contributed by atoms with E-state index in [-0.39, 0.29) is 0 Å². The Labute approximate surface area is 52.0 Å². The summed E-state index contributed by atoms with van der Waals surface area (Å²) in [6.45, 7) is 0. The summed E-state index contributed by atoms with van der Waals surface area (Å²) >= 11 is 0. The number of hydrogen-bond donors (Lipinski definition) is 1. The molecule has 1 nitrogen and oxygen atoms in total. The molecule has 0 bridgehead atoms. The van der Waals surface area contributed by atoms with Crippen LogP contribution in [0.15, 0.2) is 0 Å². The topological polar surface area (TPSA) is 26.0 Å². The van der Waals surface area contributed by atoms with Crippen molar-refractivity contribution in [1.82, 2.24) is 0 Å². The molecule has 0 spiro atoms. The van der Waals surface area contributed by atoms with E-state index in [9.17, 15) is 0 Å². The number of hydrogen-bond acceptors (Lipinski definition) is 1. The zero-order valence-corrected chi connectivity index (χ0v) is 5.56. The van der Waals surface area contributed by atoms with Crippen LogP contribution in [-0.2, 0) is 0 Å². The quantitative estimate of drug-likeness (QED) is 0.447. The summed E-state index contributed by atoms with van der Waals surface area (Å²) < 4.78 is 0. The van der Waals surface area contributed by atoms with E-state index in [1.54, 1.807) is 0 Å². The summed E-state index contributed by atoms with van der Waals surface area (Å²) in [5.41, 5.74) is 5.78. The van der Waals surface area contributed by atoms with Crippen molar-refractivity contribution in [3.8, 4) is 0 Å². The van der Waals surface area contributed by atoms with Gasteiger partial charge in [0.15, 0.2) is 0 Å². The molecule has 0 aromatic heterocycles. The molecule has 1 saturated carbocycles. The molecule has 0 heterocycles. The van der Waals surface area contributed by atoms with Gasteiger partial charge in [-0.1, -0.05) is 25.1 Å². The zero-order chi connectivity index (χ0) is 5.98. The van der Waals surface area contributed by atoms with Gasteiger partial charge in [0, 0.05) is 0 Å². The molecule has 1 fully saturated rings. The largest absolute Gasteiger partial charge is 0.328 e. The van der Waals surface area contributed by atoms with Crippen molar-refractivity contribution in [2.75, 3.05) is 0 Å². The fourth-order valence-electron chi connectivity index (χ4n) is 1.34. The molecule has 1 rings (SSSR count). The third kappa shape index (κ3) is 1.25. The smallest absolute Gasteiger partial charge is 0.107 e. The maximum Gasteiger partial charge on any atom is 0.107 e. The first-order valence-electron chi connectivity index (χ1n) is 3.56. The van der Waals surface area contributed by atoms with Crippen molar-refractivity contribution in [1.29, 1.82) is 0 Å². The lowest BCUT2D eigenvalue weighted by Gasteiger charge is -2.24. The number of nitrogens with two attached hydrogens (primary N) is 1. The first-order valence-corrected chi connectivity index (χ1v) is 3.56. The van der Waals surface area contributed by atoms with Crippen molar-refractivity contribution in [2.24, 2.45) is 5.73 Å². The van der Waals surface area contributed by atoms with Crippen LogP contribution in [0.2, 0.25) is 5.82 Å². The third-order valence-electron chi connectivity index (χ3n) is 2.18. The van der Waals surface area contributed by atoms with E-state index < -0.39 is 0 Å². The fraction of sp³-hybridized carbons (Fsp3) is 1.00. The molecule has 2 atom stereocenters. The highest BCUT2D eigenvalue weighted by Gasteiger charge is 2.15. The molecule has 0 aliphatic heterocycles. The van der Waals surface area contributed by atoms with E-state index in [4.69, 9.17) is 5.73 Å². The predicted molar refractivity (Wildman–Crippen MR) is 38.7 cm³/mol. The van der Waals surface area contributed by atoms with Gasteiger partial charge < -0.3 is 5.73 Å². The van der Waals surface area contributed by atoms with Gasteiger partial charge in [-0.3, -0.25) is 0 Å². The molecule has 2 N–H and O–H groups in total. The monoisotopic (exact) mass is 111 g/mol. The van der Waals surface area contributed by atoms with E-state index in [1.165, 1.54) is 25.7 Å². The van der Waals surface area contributed by atoms with Gasteiger partial charge in [-0.15, -0.1) is 0 Å². The summed E-state index contributed by atoms with van der Waals surface area (Å²) in [5.74, 6) is 0.781. The van der Waals surface area contributed by atoms with Crippen LogP contribution in [0.5, 0.6) is 0 Å². The molecule has 0 amide bonds. The van der Waals surface area contributed by atoms with Gasteiger partial charge in [0.05, 0.1) is 0 Å². The minimum atomic E-state index is 0.503. The summed E-state index contributed by atoms with van der Waals surface area (Å²) in [7, 11) is 2.25. The summed E-state index contributed by atoms with van der Waals surface area (Å²) in [5, 5.41) is 0. The predicted octanol–water partition coefficient (Wildman–Crippen LogP) is 0.309. The molecule has 1 aliphatic rings. The molecule has 0 aromatic carbocycles. The normalized spacial score (nSPS) is 39.6. The lowest BCUT2D eigenvalue weighted by atomic mass is 9.72. The highest BCUT2D eigenvalue weighted by molar-refractivity contribution is 6.12. The van der Waals surface area contributed by atoms with Gasteiger partial charge in [0.1, 0.15) is 7.85 Å². The van der Waals surface area contributed by atoms with Crippen molar-refractivity contribution in [3.05, 3.63) is 0 Å². The van der Waals surface area contributed by atoms with E-state index in [2.05, 4.69) is 7.85 Å². The average Bonchev–Trinajstić information content (AvgIpc) is 1.77. The van der Waals surface area contributed by atoms with Crippen LogP contribution in [0.25, 0.3) is 0 Å². The summed E-state index contributed by atoms with van der Waals surface area (Å²) in [4.78, 5) is 0. The minimum absolute atomic E-state index is 0.503. The molecule has 0 unspecified atom stereocenters. The van der Waals surface area contributed by atoms with Gasteiger partial charge in [-0.05, 0) is 12.5 Å². The maximum atomic E-state index is 5.78. The Bertz CT molecular complexity index is 64.9. The standard InChI is InChI=1S/C6H14BN/c7-5-3-1-2-4-6(5)8/h5-6H,1-4,7-8H2/t5-,6-/m0/s1. The van der Waals surface area contributed by atoms with E-state index in [0.717, 1.165) is 5.82 Å². The van der Waals surface area contributed by atoms with Crippen LogP contribution in [0.4, 0.5) is 0 Å². The maximum absolute atomic E-state index is 5.78. The Morgan fingerprint density at radius 1 is 1.25 bits per heavy atom. The molecule has 2 heteroatoms. The minimum Gasteiger partial charge on any atom is -0.328 e. The molecule has 0 saturated heterocycles. The highest BCUT2D eigenvalue weighted by Crippen LogP contribution is 2.24. The van der Waals surface area contributed by atoms with Crippen LogP contribution in [0.3, 0.4) is 0 Å². The van der Waals surface area contributed by atoms with E-state index >= 15 is 0 Å². The van der Waals surface area contributed by atoms with Crippen molar-refractivity contribution in [2.45, 2.75) is 37.5 Å². The second-order valence-corrected chi connectivity index (χ2v) is 2.93. The Kier molecular flexibility index (Phi) is 1.95. The average molecular weight is 111 g/mol. The summed E-state index contributed by atoms with van der Waals surface area (Å²) in [6, 6.07) is 0.503. The van der Waals surface area contributed by atoms with Gasteiger partial charge >= 0.3 is 0 Å². The van der Waals surface area contributed by atoms with Crippen molar-refractivity contribution in [3.63, 3.8) is 0 Å². The fourth-order valence-corrected chi connectivity index (χ4v) is 1.34. The molecule has 8 heavy (non-hydrogen) atoms. The Balaban J connectivity index is 2.28. The van der Waals surface area contributed by atoms with Gasteiger partial charge in [-0.2, -0.15) is 0 Å². The van der Waals surface area contributed by atoms with E-state index in [0.29, 0.717) is 6.04 Å². The second kappa shape index (κ2) is 2.54. The molecule has 46 valence electrons. The Morgan fingerprint density at radius 2 is 1.88 bits per heavy atom. The molecular weight excluding hydrogens is 96.9 g/mol. The molecule has 0 radical (unpaired) electrons. The van der Waals surface area contributed by atoms with Crippen LogP contribution in [-0.4, -0.2) is 13.9 Å². The highest BCUT2D eigenvalue weighted by atomic mass is 14.6. The SMILES string of the molecule is B[C@H]1CCCC[C@@H]1N. The van der Waals surface area contributed by atoms with Gasteiger partial charge in [0.25, 0.3) is 0 Å². The first-order chi connectivity index (χ1) is 3.80. The zero-order valence-electron chi connectivity index (χ0n) is 5.56. The first kappa shape index (κ1) is 6.15.